The number of nitrogen functional groups attached to an aromatic ring is 1. The number of aryl methyl sites for hydroxylation is 1. The van der Waals surface area contributed by atoms with Crippen molar-refractivity contribution < 1.29 is 0 Å². The van der Waals surface area contributed by atoms with Crippen LogP contribution in [-0.2, 0) is 0 Å². The topological polar surface area (TPSA) is 38.9 Å². The summed E-state index contributed by atoms with van der Waals surface area (Å²) in [6, 6.07) is 1.89. The van der Waals surface area contributed by atoms with Gasteiger partial charge in [0, 0.05) is 11.1 Å². The maximum absolute atomic E-state index is 5.48. The summed E-state index contributed by atoms with van der Waals surface area (Å²) in [4.78, 5) is 5.15. The number of pyridine rings is 1. The minimum atomic E-state index is 0.593. The van der Waals surface area contributed by atoms with Crippen molar-refractivity contribution >= 4 is 17.6 Å². The fourth-order valence-corrected chi connectivity index (χ4v) is 1.35. The maximum atomic E-state index is 5.48. The summed E-state index contributed by atoms with van der Waals surface area (Å²) in [7, 11) is 0. The molecule has 0 saturated heterocycles. The number of hydrogen-bond acceptors (Lipinski definition) is 3. The molecule has 1 rings (SSSR count). The molecule has 54 valence electrons. The van der Waals surface area contributed by atoms with Gasteiger partial charge in [-0.2, -0.15) is 0 Å². The van der Waals surface area contributed by atoms with E-state index in [1.807, 2.05) is 19.2 Å². The van der Waals surface area contributed by atoms with E-state index in [1.165, 1.54) is 10.5 Å². The van der Waals surface area contributed by atoms with Gasteiger partial charge in [0.1, 0.15) is 5.82 Å². The Morgan fingerprint density at radius 1 is 1.60 bits per heavy atom. The molecule has 0 fully saturated rings. The molecule has 2 N–H and O–H groups in total. The standard InChI is InChI=1S/C7H10N2S/c1-5-4-9-7(8)3-6(5)10-2/h3-4H,1-2H3,(H2,8,9). The fraction of sp³-hybridized carbons (Fsp3) is 0.286. The van der Waals surface area contributed by atoms with Gasteiger partial charge in [-0.1, -0.05) is 0 Å². The van der Waals surface area contributed by atoms with E-state index >= 15 is 0 Å². The van der Waals surface area contributed by atoms with Crippen LogP contribution in [0.2, 0.25) is 0 Å². The molecule has 0 radical (unpaired) electrons. The number of anilines is 1. The molecular formula is C7H10N2S. The highest BCUT2D eigenvalue weighted by Crippen LogP contribution is 2.19. The van der Waals surface area contributed by atoms with Crippen molar-refractivity contribution in [1.82, 2.24) is 4.98 Å². The Bertz CT molecular complexity index is 235. The fourth-order valence-electron chi connectivity index (χ4n) is 0.740. The first-order valence-electron chi connectivity index (χ1n) is 3.00. The van der Waals surface area contributed by atoms with Gasteiger partial charge in [-0.05, 0) is 24.8 Å². The quantitative estimate of drug-likeness (QED) is 0.626. The third-order valence-corrected chi connectivity index (χ3v) is 2.17. The minimum Gasteiger partial charge on any atom is -0.384 e. The van der Waals surface area contributed by atoms with E-state index < -0.39 is 0 Å². The van der Waals surface area contributed by atoms with E-state index in [-0.39, 0.29) is 0 Å². The Balaban J connectivity index is 3.09. The van der Waals surface area contributed by atoms with Crippen LogP contribution in [-0.4, -0.2) is 11.2 Å². The minimum absolute atomic E-state index is 0.593. The van der Waals surface area contributed by atoms with Crippen LogP contribution in [0.25, 0.3) is 0 Å². The van der Waals surface area contributed by atoms with Gasteiger partial charge in [-0.3, -0.25) is 0 Å². The SMILES string of the molecule is CSc1cc(N)ncc1C. The van der Waals surface area contributed by atoms with Crippen molar-refractivity contribution in [3.05, 3.63) is 17.8 Å². The van der Waals surface area contributed by atoms with Crippen molar-refractivity contribution in [3.8, 4) is 0 Å². The second kappa shape index (κ2) is 2.92. The summed E-state index contributed by atoms with van der Waals surface area (Å²) in [5.41, 5.74) is 6.66. The van der Waals surface area contributed by atoms with Crippen LogP contribution >= 0.6 is 11.8 Å². The highest BCUT2D eigenvalue weighted by molar-refractivity contribution is 7.98. The average molecular weight is 154 g/mol. The van der Waals surface area contributed by atoms with E-state index in [0.717, 1.165) is 0 Å². The van der Waals surface area contributed by atoms with Crippen LogP contribution < -0.4 is 5.73 Å². The van der Waals surface area contributed by atoms with Gasteiger partial charge < -0.3 is 5.73 Å². The van der Waals surface area contributed by atoms with Crippen LogP contribution in [0.5, 0.6) is 0 Å². The van der Waals surface area contributed by atoms with E-state index in [2.05, 4.69) is 4.98 Å². The number of hydrogen-bond donors (Lipinski definition) is 1. The largest absolute Gasteiger partial charge is 0.384 e. The lowest BCUT2D eigenvalue weighted by atomic mass is 10.3. The van der Waals surface area contributed by atoms with Gasteiger partial charge in [0.15, 0.2) is 0 Å². The number of aromatic nitrogens is 1. The molecule has 3 heteroatoms. The van der Waals surface area contributed by atoms with E-state index in [4.69, 9.17) is 5.73 Å². The third-order valence-electron chi connectivity index (χ3n) is 1.29. The average Bonchev–Trinajstić information content (AvgIpc) is 1.94. The predicted molar refractivity (Wildman–Crippen MR) is 45.2 cm³/mol. The Morgan fingerprint density at radius 2 is 2.30 bits per heavy atom. The van der Waals surface area contributed by atoms with E-state index in [0.29, 0.717) is 5.82 Å². The Kier molecular flexibility index (Phi) is 2.17. The third kappa shape index (κ3) is 1.42. The summed E-state index contributed by atoms with van der Waals surface area (Å²) >= 11 is 1.69. The molecule has 2 nitrogen and oxygen atoms in total. The molecule has 1 heterocycles. The van der Waals surface area contributed by atoms with Gasteiger partial charge in [-0.15, -0.1) is 11.8 Å². The van der Waals surface area contributed by atoms with Crippen molar-refractivity contribution in [3.63, 3.8) is 0 Å². The van der Waals surface area contributed by atoms with Crippen molar-refractivity contribution in [2.24, 2.45) is 0 Å². The molecule has 1 aromatic heterocycles. The van der Waals surface area contributed by atoms with Crippen LogP contribution in [0, 0.1) is 6.92 Å². The monoisotopic (exact) mass is 154 g/mol. The Morgan fingerprint density at radius 3 is 2.80 bits per heavy atom. The first-order chi connectivity index (χ1) is 4.74. The zero-order chi connectivity index (χ0) is 7.56. The molecule has 0 unspecified atom stereocenters. The van der Waals surface area contributed by atoms with Gasteiger partial charge in [0.2, 0.25) is 0 Å². The Labute approximate surface area is 64.8 Å². The van der Waals surface area contributed by atoms with Gasteiger partial charge in [-0.25, -0.2) is 4.98 Å². The molecule has 10 heavy (non-hydrogen) atoms. The van der Waals surface area contributed by atoms with Crippen molar-refractivity contribution in [2.75, 3.05) is 12.0 Å². The number of nitrogens with two attached hydrogens (primary N) is 1. The van der Waals surface area contributed by atoms with Crippen LogP contribution in [0.3, 0.4) is 0 Å². The molecule has 0 aliphatic carbocycles. The normalized spacial score (nSPS) is 9.80. The summed E-state index contributed by atoms with van der Waals surface area (Å²) in [6.07, 6.45) is 3.82. The van der Waals surface area contributed by atoms with E-state index in [1.54, 1.807) is 18.0 Å². The molecule has 0 aliphatic heterocycles. The van der Waals surface area contributed by atoms with Gasteiger partial charge in [0.25, 0.3) is 0 Å². The zero-order valence-electron chi connectivity index (χ0n) is 6.09. The number of nitrogens with zero attached hydrogens (tertiary/aromatic N) is 1. The summed E-state index contributed by atoms with van der Waals surface area (Å²) in [5.74, 6) is 0.593. The summed E-state index contributed by atoms with van der Waals surface area (Å²) in [5, 5.41) is 0. The smallest absolute Gasteiger partial charge is 0.124 e. The molecule has 0 spiro atoms. The van der Waals surface area contributed by atoms with Gasteiger partial charge in [0.05, 0.1) is 0 Å². The second-order valence-corrected chi connectivity index (χ2v) is 2.93. The molecule has 0 amide bonds. The number of rotatable bonds is 1. The lowest BCUT2D eigenvalue weighted by molar-refractivity contribution is 1.19. The second-order valence-electron chi connectivity index (χ2n) is 2.08. The molecule has 1 aromatic rings. The molecule has 0 aromatic carbocycles. The first-order valence-corrected chi connectivity index (χ1v) is 4.22. The van der Waals surface area contributed by atoms with E-state index in [9.17, 15) is 0 Å². The maximum Gasteiger partial charge on any atom is 0.124 e. The highest BCUT2D eigenvalue weighted by Gasteiger charge is 1.95. The first kappa shape index (κ1) is 7.41. The van der Waals surface area contributed by atoms with Crippen molar-refractivity contribution in [2.45, 2.75) is 11.8 Å². The van der Waals surface area contributed by atoms with Crippen molar-refractivity contribution in [1.29, 1.82) is 0 Å². The lowest BCUT2D eigenvalue weighted by Crippen LogP contribution is -1.90. The molecule has 0 atom stereocenters. The summed E-state index contributed by atoms with van der Waals surface area (Å²) in [6.45, 7) is 2.03. The molecule has 0 saturated carbocycles. The van der Waals surface area contributed by atoms with Gasteiger partial charge >= 0.3 is 0 Å². The van der Waals surface area contributed by atoms with Crippen LogP contribution in [0.15, 0.2) is 17.2 Å². The lowest BCUT2D eigenvalue weighted by Gasteiger charge is -2.00. The predicted octanol–water partition coefficient (Wildman–Crippen LogP) is 1.69. The summed E-state index contributed by atoms with van der Waals surface area (Å²) < 4.78 is 0. The number of thioether (sulfide) groups is 1. The van der Waals surface area contributed by atoms with Crippen LogP contribution in [0.4, 0.5) is 5.82 Å². The molecular weight excluding hydrogens is 144 g/mol. The molecule has 0 aliphatic rings. The van der Waals surface area contributed by atoms with Crippen LogP contribution in [0.1, 0.15) is 5.56 Å². The molecule has 0 bridgehead atoms. The highest BCUT2D eigenvalue weighted by atomic mass is 32.2. The zero-order valence-corrected chi connectivity index (χ0v) is 6.90. The Hall–Kier alpha value is -0.700.